The Bertz CT molecular complexity index is 236. The summed E-state index contributed by atoms with van der Waals surface area (Å²) in [6, 6.07) is 0. The van der Waals surface area contributed by atoms with Crippen molar-refractivity contribution < 1.29 is 9.53 Å². The van der Waals surface area contributed by atoms with E-state index in [1.54, 1.807) is 11.9 Å². The van der Waals surface area contributed by atoms with Gasteiger partial charge in [-0.25, -0.2) is 4.79 Å². The Morgan fingerprint density at radius 1 is 1.39 bits per heavy atom. The zero-order chi connectivity index (χ0) is 14.2. The number of nitrogens with zero attached hydrogens (tertiary/aromatic N) is 1. The second kappa shape index (κ2) is 8.35. The highest BCUT2D eigenvalue weighted by atomic mass is 16.6. The molecule has 0 bridgehead atoms. The highest BCUT2D eigenvalue weighted by Crippen LogP contribution is 2.10. The molecule has 0 aliphatic heterocycles. The predicted molar refractivity (Wildman–Crippen MR) is 75.8 cm³/mol. The molecular weight excluding hydrogens is 228 g/mol. The number of carbonyl (C=O) groups is 1. The number of ether oxygens (including phenoxy) is 1. The molecule has 1 amide bonds. The summed E-state index contributed by atoms with van der Waals surface area (Å²) in [7, 11) is 1.79. The molecule has 0 radical (unpaired) electrons. The van der Waals surface area contributed by atoms with Crippen molar-refractivity contribution in [1.29, 1.82) is 0 Å². The van der Waals surface area contributed by atoms with Gasteiger partial charge in [0, 0.05) is 13.6 Å². The van der Waals surface area contributed by atoms with E-state index in [0.29, 0.717) is 12.5 Å². The van der Waals surface area contributed by atoms with Crippen molar-refractivity contribution in [3.63, 3.8) is 0 Å². The molecule has 0 rings (SSSR count). The van der Waals surface area contributed by atoms with Gasteiger partial charge in [-0.15, -0.1) is 0 Å². The Morgan fingerprint density at radius 2 is 2.00 bits per heavy atom. The van der Waals surface area contributed by atoms with E-state index in [1.165, 1.54) is 12.8 Å². The molecule has 0 aliphatic carbocycles. The molecule has 1 N–H and O–H groups in total. The van der Waals surface area contributed by atoms with Gasteiger partial charge in [0.15, 0.2) is 0 Å². The Kier molecular flexibility index (Phi) is 8.00. The lowest BCUT2D eigenvalue weighted by Crippen LogP contribution is -2.38. The molecule has 0 saturated heterocycles. The van der Waals surface area contributed by atoms with Crippen molar-refractivity contribution in [2.24, 2.45) is 5.92 Å². The Morgan fingerprint density at radius 3 is 2.50 bits per heavy atom. The monoisotopic (exact) mass is 258 g/mol. The molecule has 0 aromatic carbocycles. The molecular formula is C14H30N2O2. The third-order valence-corrected chi connectivity index (χ3v) is 2.49. The minimum Gasteiger partial charge on any atom is -0.444 e. The van der Waals surface area contributed by atoms with Crippen LogP contribution in [0, 0.1) is 5.92 Å². The fourth-order valence-electron chi connectivity index (χ4n) is 1.60. The van der Waals surface area contributed by atoms with Crippen LogP contribution in [0.3, 0.4) is 0 Å². The molecule has 108 valence electrons. The molecule has 1 unspecified atom stereocenters. The molecule has 0 fully saturated rings. The number of carbonyl (C=O) groups excluding carboxylic acids is 1. The van der Waals surface area contributed by atoms with Gasteiger partial charge in [-0.05, 0) is 46.2 Å². The van der Waals surface area contributed by atoms with Gasteiger partial charge in [0.25, 0.3) is 0 Å². The number of rotatable bonds is 7. The number of nitrogens with one attached hydrogen (secondary N) is 1. The van der Waals surface area contributed by atoms with E-state index < -0.39 is 5.60 Å². The summed E-state index contributed by atoms with van der Waals surface area (Å²) in [5.74, 6) is 0.430. The predicted octanol–water partition coefficient (Wildman–Crippen LogP) is 2.88. The van der Waals surface area contributed by atoms with Crippen LogP contribution in [0.5, 0.6) is 0 Å². The molecule has 4 nitrogen and oxygen atoms in total. The van der Waals surface area contributed by atoms with E-state index in [1.807, 2.05) is 20.8 Å². The summed E-state index contributed by atoms with van der Waals surface area (Å²) in [5, 5.41) is 3.40. The van der Waals surface area contributed by atoms with Crippen LogP contribution in [0.25, 0.3) is 0 Å². The maximum atomic E-state index is 11.8. The van der Waals surface area contributed by atoms with E-state index >= 15 is 0 Å². The molecule has 1 atom stereocenters. The van der Waals surface area contributed by atoms with Crippen molar-refractivity contribution in [2.75, 3.05) is 26.7 Å². The second-order valence-electron chi connectivity index (χ2n) is 6.02. The Hall–Kier alpha value is -0.770. The van der Waals surface area contributed by atoms with Crippen LogP contribution in [-0.2, 0) is 4.74 Å². The number of hydrogen-bond acceptors (Lipinski definition) is 3. The van der Waals surface area contributed by atoms with Gasteiger partial charge in [0.1, 0.15) is 5.60 Å². The van der Waals surface area contributed by atoms with E-state index in [9.17, 15) is 4.79 Å². The summed E-state index contributed by atoms with van der Waals surface area (Å²) < 4.78 is 5.31. The Labute approximate surface area is 112 Å². The van der Waals surface area contributed by atoms with Gasteiger partial charge in [0.05, 0.1) is 0 Å². The van der Waals surface area contributed by atoms with E-state index in [2.05, 4.69) is 19.2 Å². The first-order chi connectivity index (χ1) is 8.26. The third-order valence-electron chi connectivity index (χ3n) is 2.49. The van der Waals surface area contributed by atoms with Crippen LogP contribution < -0.4 is 5.32 Å². The summed E-state index contributed by atoms with van der Waals surface area (Å²) in [5.41, 5.74) is -0.423. The summed E-state index contributed by atoms with van der Waals surface area (Å²) in [6.07, 6.45) is 2.16. The van der Waals surface area contributed by atoms with Crippen LogP contribution in [0.2, 0.25) is 0 Å². The van der Waals surface area contributed by atoms with Gasteiger partial charge >= 0.3 is 6.09 Å². The summed E-state index contributed by atoms with van der Waals surface area (Å²) in [6.45, 7) is 12.7. The molecule has 0 aromatic heterocycles. The first-order valence-electron chi connectivity index (χ1n) is 6.91. The van der Waals surface area contributed by atoms with Crippen molar-refractivity contribution in [1.82, 2.24) is 10.2 Å². The number of amides is 1. The van der Waals surface area contributed by atoms with Crippen molar-refractivity contribution in [3.8, 4) is 0 Å². The fraction of sp³-hybridized carbons (Fsp3) is 0.929. The average molecular weight is 258 g/mol. The van der Waals surface area contributed by atoms with E-state index in [0.717, 1.165) is 13.1 Å². The molecule has 18 heavy (non-hydrogen) atoms. The standard InChI is InChI=1S/C14H30N2O2/c1-7-8-9-15-10-12(2)11-16(6)13(17)18-14(3,4)5/h12,15H,7-11H2,1-6H3. The first-order valence-corrected chi connectivity index (χ1v) is 6.91. The van der Waals surface area contributed by atoms with Crippen LogP contribution >= 0.6 is 0 Å². The highest BCUT2D eigenvalue weighted by molar-refractivity contribution is 5.67. The third kappa shape index (κ3) is 9.28. The minimum absolute atomic E-state index is 0.247. The van der Waals surface area contributed by atoms with Crippen LogP contribution in [0.15, 0.2) is 0 Å². The van der Waals surface area contributed by atoms with Gasteiger partial charge < -0.3 is 15.0 Å². The van der Waals surface area contributed by atoms with Gasteiger partial charge in [-0.1, -0.05) is 20.3 Å². The lowest BCUT2D eigenvalue weighted by atomic mass is 10.1. The summed E-state index contributed by atoms with van der Waals surface area (Å²) >= 11 is 0. The van der Waals surface area contributed by atoms with Crippen molar-refractivity contribution in [2.45, 2.75) is 53.1 Å². The maximum Gasteiger partial charge on any atom is 0.410 e. The van der Waals surface area contributed by atoms with Crippen molar-refractivity contribution in [3.05, 3.63) is 0 Å². The van der Waals surface area contributed by atoms with Crippen LogP contribution in [-0.4, -0.2) is 43.3 Å². The quantitative estimate of drug-likeness (QED) is 0.714. The molecule has 4 heteroatoms. The number of unbranched alkanes of at least 4 members (excludes halogenated alkanes) is 1. The topological polar surface area (TPSA) is 41.6 Å². The van der Waals surface area contributed by atoms with Crippen LogP contribution in [0.1, 0.15) is 47.5 Å². The van der Waals surface area contributed by atoms with E-state index in [-0.39, 0.29) is 6.09 Å². The lowest BCUT2D eigenvalue weighted by molar-refractivity contribution is 0.0277. The average Bonchev–Trinajstić information content (AvgIpc) is 2.22. The molecule has 0 spiro atoms. The smallest absolute Gasteiger partial charge is 0.410 e. The maximum absolute atomic E-state index is 11.8. The highest BCUT2D eigenvalue weighted by Gasteiger charge is 2.20. The zero-order valence-corrected chi connectivity index (χ0v) is 12.9. The molecule has 0 saturated carbocycles. The van der Waals surface area contributed by atoms with Crippen LogP contribution in [0.4, 0.5) is 4.79 Å². The van der Waals surface area contributed by atoms with Gasteiger partial charge in [0.2, 0.25) is 0 Å². The molecule has 0 aromatic rings. The molecule has 0 aliphatic rings. The second-order valence-corrected chi connectivity index (χ2v) is 6.02. The first kappa shape index (κ1) is 17.2. The fourth-order valence-corrected chi connectivity index (χ4v) is 1.60. The normalized spacial score (nSPS) is 13.2. The minimum atomic E-state index is -0.423. The Balaban J connectivity index is 3.85. The SMILES string of the molecule is CCCCNCC(C)CN(C)C(=O)OC(C)(C)C. The van der Waals surface area contributed by atoms with E-state index in [4.69, 9.17) is 4.74 Å². The summed E-state index contributed by atoms with van der Waals surface area (Å²) in [4.78, 5) is 13.4. The lowest BCUT2D eigenvalue weighted by Gasteiger charge is -2.26. The zero-order valence-electron chi connectivity index (χ0n) is 12.9. The van der Waals surface area contributed by atoms with Gasteiger partial charge in [-0.3, -0.25) is 0 Å². The molecule has 0 heterocycles. The number of hydrogen-bond donors (Lipinski definition) is 1. The van der Waals surface area contributed by atoms with Crippen molar-refractivity contribution >= 4 is 6.09 Å². The van der Waals surface area contributed by atoms with Gasteiger partial charge in [-0.2, -0.15) is 0 Å². The largest absolute Gasteiger partial charge is 0.444 e.